The zero-order valence-corrected chi connectivity index (χ0v) is 12.6. The monoisotopic (exact) mass is 369 g/mol. The predicted octanol–water partition coefficient (Wildman–Crippen LogP) is 5.79. The molecule has 102 valence electrons. The number of anilines is 1. The molecule has 0 aliphatic heterocycles. The van der Waals surface area contributed by atoms with Crippen LogP contribution in [0.3, 0.4) is 0 Å². The average Bonchev–Trinajstić information content (AvgIpc) is 2.72. The largest absolute Gasteiger partial charge is 0.418 e. The smallest absolute Gasteiger partial charge is 0.380 e. The lowest BCUT2D eigenvalue weighted by Gasteiger charge is -2.14. The van der Waals surface area contributed by atoms with Crippen LogP contribution in [0.25, 0.3) is 0 Å². The Morgan fingerprint density at radius 3 is 2.58 bits per heavy atom. The molecule has 0 atom stereocenters. The van der Waals surface area contributed by atoms with Gasteiger partial charge in [-0.2, -0.15) is 13.2 Å². The highest BCUT2D eigenvalue weighted by Crippen LogP contribution is 2.37. The summed E-state index contributed by atoms with van der Waals surface area (Å²) in [5.74, 6) is 0. The Morgan fingerprint density at radius 2 is 2.00 bits per heavy atom. The molecule has 1 heterocycles. The molecule has 2 aromatic rings. The molecule has 1 aromatic heterocycles. The molecule has 7 heteroatoms. The minimum absolute atomic E-state index is 0.0252. The molecule has 0 saturated carbocycles. The maximum atomic E-state index is 12.9. The summed E-state index contributed by atoms with van der Waals surface area (Å²) in [4.78, 5) is 0.933. The summed E-state index contributed by atoms with van der Waals surface area (Å²) < 4.78 is 39.5. The average molecular weight is 371 g/mol. The number of alkyl halides is 3. The summed E-state index contributed by atoms with van der Waals surface area (Å²) in [7, 11) is 0. The molecule has 1 aromatic carbocycles. The third kappa shape index (κ3) is 3.64. The first-order chi connectivity index (χ1) is 8.88. The molecule has 0 amide bonds. The van der Waals surface area contributed by atoms with Crippen LogP contribution < -0.4 is 5.32 Å². The fourth-order valence-electron chi connectivity index (χ4n) is 1.53. The quantitative estimate of drug-likeness (QED) is 0.720. The minimum atomic E-state index is -4.43. The fraction of sp³-hybridized carbons (Fsp3) is 0.167. The van der Waals surface area contributed by atoms with Gasteiger partial charge in [0.1, 0.15) is 0 Å². The van der Waals surface area contributed by atoms with Gasteiger partial charge in [-0.1, -0.05) is 11.6 Å². The molecule has 1 N–H and O–H groups in total. The van der Waals surface area contributed by atoms with E-state index in [1.165, 1.54) is 23.5 Å². The van der Waals surface area contributed by atoms with E-state index in [-0.39, 0.29) is 10.7 Å². The maximum absolute atomic E-state index is 12.9. The first-order valence-electron chi connectivity index (χ1n) is 5.20. The van der Waals surface area contributed by atoms with Gasteiger partial charge in [0.05, 0.1) is 12.1 Å². The van der Waals surface area contributed by atoms with E-state index in [9.17, 15) is 13.2 Å². The van der Waals surface area contributed by atoms with Crippen LogP contribution in [-0.2, 0) is 12.7 Å². The van der Waals surface area contributed by atoms with Crippen LogP contribution in [-0.4, -0.2) is 0 Å². The number of nitrogens with one attached hydrogen (secondary N) is 1. The van der Waals surface area contributed by atoms with E-state index >= 15 is 0 Å². The van der Waals surface area contributed by atoms with E-state index in [2.05, 4.69) is 21.2 Å². The van der Waals surface area contributed by atoms with Crippen molar-refractivity contribution in [1.82, 2.24) is 0 Å². The van der Waals surface area contributed by atoms with E-state index in [4.69, 9.17) is 11.6 Å². The van der Waals surface area contributed by atoms with Gasteiger partial charge in [0.15, 0.2) is 0 Å². The summed E-state index contributed by atoms with van der Waals surface area (Å²) in [6.07, 6.45) is -4.43. The normalized spacial score (nSPS) is 11.6. The second-order valence-electron chi connectivity index (χ2n) is 3.73. The van der Waals surface area contributed by atoms with E-state index in [0.29, 0.717) is 6.54 Å². The van der Waals surface area contributed by atoms with Crippen LogP contribution >= 0.6 is 38.9 Å². The number of benzene rings is 1. The second-order valence-corrected chi connectivity index (χ2v) is 6.02. The highest BCUT2D eigenvalue weighted by atomic mass is 79.9. The fourth-order valence-corrected chi connectivity index (χ4v) is 3.14. The Labute approximate surface area is 125 Å². The standard InChI is InChI=1S/C12H8BrClF3NS/c13-9-3-4-19-11(9)6-18-10-2-1-7(14)5-8(10)12(15,16)17/h1-5,18H,6H2. The zero-order valence-electron chi connectivity index (χ0n) is 9.39. The van der Waals surface area contributed by atoms with Gasteiger partial charge in [-0.05, 0) is 45.6 Å². The van der Waals surface area contributed by atoms with Crippen LogP contribution in [0.5, 0.6) is 0 Å². The molecule has 1 nitrogen and oxygen atoms in total. The van der Waals surface area contributed by atoms with Crippen LogP contribution in [0.4, 0.5) is 18.9 Å². The number of hydrogen-bond donors (Lipinski definition) is 1. The van der Waals surface area contributed by atoms with Gasteiger partial charge >= 0.3 is 6.18 Å². The van der Waals surface area contributed by atoms with Crippen molar-refractivity contribution in [3.63, 3.8) is 0 Å². The van der Waals surface area contributed by atoms with Gasteiger partial charge in [-0.15, -0.1) is 11.3 Å². The Hall–Kier alpha value is -0.720. The second kappa shape index (κ2) is 5.73. The first-order valence-corrected chi connectivity index (χ1v) is 7.25. The van der Waals surface area contributed by atoms with Crippen molar-refractivity contribution >= 4 is 44.6 Å². The number of halogens is 5. The molecule has 2 rings (SSSR count). The summed E-state index contributed by atoms with van der Waals surface area (Å²) in [5, 5.41) is 4.73. The first kappa shape index (κ1) is 14.7. The van der Waals surface area contributed by atoms with Crippen molar-refractivity contribution in [1.29, 1.82) is 0 Å². The number of thiophene rings is 1. The molecule has 0 bridgehead atoms. The van der Waals surface area contributed by atoms with Crippen LogP contribution in [0.2, 0.25) is 5.02 Å². The molecule has 19 heavy (non-hydrogen) atoms. The summed E-state index contributed by atoms with van der Waals surface area (Å²) in [5.41, 5.74) is -0.732. The maximum Gasteiger partial charge on any atom is 0.418 e. The van der Waals surface area contributed by atoms with Crippen molar-refractivity contribution < 1.29 is 13.2 Å². The third-order valence-corrected chi connectivity index (χ3v) is 4.58. The van der Waals surface area contributed by atoms with Crippen LogP contribution in [0.1, 0.15) is 10.4 Å². The zero-order chi connectivity index (χ0) is 14.0. The van der Waals surface area contributed by atoms with Gasteiger partial charge in [0, 0.05) is 20.1 Å². The molecular weight excluding hydrogens is 363 g/mol. The molecule has 0 spiro atoms. The predicted molar refractivity (Wildman–Crippen MR) is 75.8 cm³/mol. The van der Waals surface area contributed by atoms with Gasteiger partial charge in [0.25, 0.3) is 0 Å². The van der Waals surface area contributed by atoms with Crippen molar-refractivity contribution in [3.8, 4) is 0 Å². The van der Waals surface area contributed by atoms with Gasteiger partial charge in [0.2, 0.25) is 0 Å². The van der Waals surface area contributed by atoms with Crippen molar-refractivity contribution in [3.05, 3.63) is 49.6 Å². The summed E-state index contributed by atoms with van der Waals surface area (Å²) in [6, 6.07) is 5.55. The van der Waals surface area contributed by atoms with Gasteiger partial charge in [-0.3, -0.25) is 0 Å². The number of rotatable bonds is 3. The van der Waals surface area contributed by atoms with E-state index in [0.717, 1.165) is 15.4 Å². The number of hydrogen-bond acceptors (Lipinski definition) is 2. The molecule has 0 fully saturated rings. The van der Waals surface area contributed by atoms with Gasteiger partial charge < -0.3 is 5.32 Å². The van der Waals surface area contributed by atoms with Crippen molar-refractivity contribution in [2.45, 2.75) is 12.7 Å². The Kier molecular flexibility index (Phi) is 4.43. The lowest BCUT2D eigenvalue weighted by molar-refractivity contribution is -0.136. The molecule has 0 radical (unpaired) electrons. The molecule has 0 unspecified atom stereocenters. The Balaban J connectivity index is 2.23. The minimum Gasteiger partial charge on any atom is -0.380 e. The van der Waals surface area contributed by atoms with Crippen LogP contribution in [0, 0.1) is 0 Å². The highest BCUT2D eigenvalue weighted by molar-refractivity contribution is 9.10. The molecule has 0 aliphatic rings. The third-order valence-electron chi connectivity index (χ3n) is 2.42. The van der Waals surface area contributed by atoms with Crippen molar-refractivity contribution in [2.24, 2.45) is 0 Å². The molecule has 0 saturated heterocycles. The van der Waals surface area contributed by atoms with E-state index in [1.54, 1.807) is 0 Å². The van der Waals surface area contributed by atoms with Gasteiger partial charge in [-0.25, -0.2) is 0 Å². The Morgan fingerprint density at radius 1 is 1.26 bits per heavy atom. The summed E-state index contributed by atoms with van der Waals surface area (Å²) in [6.45, 7) is 0.322. The summed E-state index contributed by atoms with van der Waals surface area (Å²) >= 11 is 10.4. The van der Waals surface area contributed by atoms with Crippen molar-refractivity contribution in [2.75, 3.05) is 5.32 Å². The topological polar surface area (TPSA) is 12.0 Å². The lowest BCUT2D eigenvalue weighted by atomic mass is 10.1. The molecule has 0 aliphatic carbocycles. The lowest BCUT2D eigenvalue weighted by Crippen LogP contribution is -2.10. The Bertz CT molecular complexity index is 583. The SMILES string of the molecule is FC(F)(F)c1cc(Cl)ccc1NCc1sccc1Br. The van der Waals surface area contributed by atoms with Crippen LogP contribution in [0.15, 0.2) is 34.1 Å². The van der Waals surface area contributed by atoms with E-state index in [1.807, 2.05) is 11.4 Å². The highest BCUT2D eigenvalue weighted by Gasteiger charge is 2.33. The molecular formula is C12H8BrClF3NS. The van der Waals surface area contributed by atoms with E-state index < -0.39 is 11.7 Å².